The summed E-state index contributed by atoms with van der Waals surface area (Å²) in [4.78, 5) is 36.7. The molecule has 0 aromatic heterocycles. The monoisotopic (exact) mass is 590 g/mol. The molecule has 2 aromatic rings. The van der Waals surface area contributed by atoms with E-state index in [-0.39, 0.29) is 28.1 Å². The molecule has 1 N–H and O–H groups in total. The van der Waals surface area contributed by atoms with E-state index in [9.17, 15) is 14.4 Å². The highest BCUT2D eigenvalue weighted by atomic mass is 35.5. The van der Waals surface area contributed by atoms with Crippen molar-refractivity contribution in [2.24, 2.45) is 11.8 Å². The van der Waals surface area contributed by atoms with Gasteiger partial charge in [-0.15, -0.1) is 23.2 Å². The number of hydrogen-bond donors (Lipinski definition) is 1. The Balaban J connectivity index is 1.39. The molecule has 1 aliphatic heterocycles. The molecule has 3 amide bonds. The summed E-state index contributed by atoms with van der Waals surface area (Å²) in [6.07, 6.45) is 0.835. The molecule has 0 spiro atoms. The van der Waals surface area contributed by atoms with Gasteiger partial charge in [0.2, 0.25) is 17.7 Å². The van der Waals surface area contributed by atoms with E-state index in [2.05, 4.69) is 5.32 Å². The molecule has 3 aliphatic rings. The molecule has 11 heteroatoms. The summed E-state index contributed by atoms with van der Waals surface area (Å²) in [6, 6.07) is 16.0. The average molecular weight is 593 g/mol. The predicted octanol–water partition coefficient (Wildman–Crippen LogP) is 6.21. The zero-order chi connectivity index (χ0) is 25.3. The third-order valence-corrected chi connectivity index (χ3v) is 11.0. The van der Waals surface area contributed by atoms with Gasteiger partial charge in [-0.25, -0.2) is 4.90 Å². The van der Waals surface area contributed by atoms with Crippen LogP contribution in [0, 0.1) is 11.8 Å². The first-order valence-corrected chi connectivity index (χ1v) is 12.9. The fourth-order valence-electron chi connectivity index (χ4n) is 5.10. The molecule has 2 bridgehead atoms. The Bertz CT molecular complexity index is 1250. The molecule has 5 nitrogen and oxygen atoms in total. The van der Waals surface area contributed by atoms with Gasteiger partial charge in [-0.3, -0.25) is 14.4 Å². The largest absolute Gasteiger partial charge is 0.326 e. The third kappa shape index (κ3) is 3.32. The van der Waals surface area contributed by atoms with Crippen LogP contribution in [0.1, 0.15) is 12.0 Å². The number of allylic oxidation sites excluding steroid dienone is 2. The van der Waals surface area contributed by atoms with Gasteiger partial charge in [-0.05, 0) is 30.2 Å². The van der Waals surface area contributed by atoms with Crippen LogP contribution in [0.15, 0.2) is 64.7 Å². The number of benzene rings is 2. The number of hydrogen-bond acceptors (Lipinski definition) is 3. The Kier molecular flexibility index (Phi) is 6.15. The number of aryl methyl sites for hydroxylation is 1. The maximum atomic E-state index is 13.5. The van der Waals surface area contributed by atoms with Crippen molar-refractivity contribution in [2.45, 2.75) is 26.9 Å². The smallest absolute Gasteiger partial charge is 0.240 e. The summed E-state index contributed by atoms with van der Waals surface area (Å²) < 4.78 is -1.99. The van der Waals surface area contributed by atoms with Crippen LogP contribution in [0.2, 0.25) is 0 Å². The van der Waals surface area contributed by atoms with Gasteiger partial charge >= 0.3 is 0 Å². The molecule has 182 valence electrons. The highest BCUT2D eigenvalue weighted by molar-refractivity contribution is 6.67. The molecule has 1 saturated heterocycles. The third-order valence-electron chi connectivity index (χ3n) is 6.78. The number of carbonyl (C=O) groups is 3. The lowest BCUT2D eigenvalue weighted by molar-refractivity contribution is -0.123. The van der Waals surface area contributed by atoms with E-state index in [1.165, 1.54) is 6.07 Å². The maximum Gasteiger partial charge on any atom is 0.240 e. The normalized spacial score (nSPS) is 30.7. The number of fused-ring (bicyclic) bond motifs is 5. The molecule has 0 radical (unpaired) electrons. The number of nitrogens with one attached hydrogen (secondary N) is 1. The van der Waals surface area contributed by atoms with Gasteiger partial charge in [0.25, 0.3) is 0 Å². The van der Waals surface area contributed by atoms with E-state index in [1.807, 2.05) is 30.3 Å². The van der Waals surface area contributed by atoms with Gasteiger partial charge in [0.05, 0.1) is 27.6 Å². The lowest BCUT2D eigenvalue weighted by Crippen LogP contribution is -2.50. The summed E-state index contributed by atoms with van der Waals surface area (Å²) in [7, 11) is 0. The second-order valence-electron chi connectivity index (χ2n) is 8.68. The van der Waals surface area contributed by atoms with E-state index in [4.69, 9.17) is 69.6 Å². The molecule has 4 atom stereocenters. The van der Waals surface area contributed by atoms with Crippen molar-refractivity contribution >= 4 is 98.7 Å². The fraction of sp³-hybridized carbons (Fsp3) is 0.292. The van der Waals surface area contributed by atoms with Gasteiger partial charge < -0.3 is 5.32 Å². The van der Waals surface area contributed by atoms with E-state index < -0.39 is 37.7 Å². The first kappa shape index (κ1) is 25.2. The molecule has 2 aromatic carbocycles. The van der Waals surface area contributed by atoms with E-state index in [1.54, 1.807) is 18.2 Å². The summed E-state index contributed by atoms with van der Waals surface area (Å²) in [5.41, 5.74) is 1.69. The molecule has 2 aliphatic carbocycles. The number of nitrogens with zero attached hydrogens (tertiary/aromatic N) is 1. The van der Waals surface area contributed by atoms with Crippen molar-refractivity contribution in [3.8, 4) is 0 Å². The summed E-state index contributed by atoms with van der Waals surface area (Å²) in [6.45, 7) is 0. The Morgan fingerprint density at radius 3 is 2.00 bits per heavy atom. The van der Waals surface area contributed by atoms with Gasteiger partial charge in [-0.2, -0.15) is 0 Å². The first-order chi connectivity index (χ1) is 16.5. The molecular weight excluding hydrogens is 577 g/mol. The van der Waals surface area contributed by atoms with Crippen LogP contribution >= 0.6 is 69.6 Å². The first-order valence-electron chi connectivity index (χ1n) is 10.6. The van der Waals surface area contributed by atoms with Gasteiger partial charge in [-0.1, -0.05) is 82.8 Å². The number of rotatable bonds is 5. The Morgan fingerprint density at radius 1 is 0.857 bits per heavy atom. The molecule has 5 rings (SSSR count). The quantitative estimate of drug-likeness (QED) is 0.332. The Morgan fingerprint density at radius 2 is 1.43 bits per heavy atom. The summed E-state index contributed by atoms with van der Waals surface area (Å²) in [5, 5.41) is 2.50. The van der Waals surface area contributed by atoms with Crippen molar-refractivity contribution in [1.82, 2.24) is 0 Å². The predicted molar refractivity (Wildman–Crippen MR) is 140 cm³/mol. The number of alkyl halides is 4. The van der Waals surface area contributed by atoms with Crippen LogP contribution in [0.5, 0.6) is 0 Å². The highest BCUT2D eigenvalue weighted by Crippen LogP contribution is 2.77. The van der Waals surface area contributed by atoms with E-state index in [0.717, 1.165) is 10.5 Å². The van der Waals surface area contributed by atoms with Crippen LogP contribution in [0.3, 0.4) is 0 Å². The van der Waals surface area contributed by atoms with E-state index in [0.29, 0.717) is 12.1 Å². The average Bonchev–Trinajstić information content (AvgIpc) is 3.22. The Labute approximate surface area is 231 Å². The van der Waals surface area contributed by atoms with Crippen molar-refractivity contribution in [2.75, 3.05) is 10.2 Å². The van der Waals surface area contributed by atoms with Crippen LogP contribution < -0.4 is 10.2 Å². The van der Waals surface area contributed by atoms with Crippen molar-refractivity contribution < 1.29 is 14.4 Å². The van der Waals surface area contributed by atoms with Crippen molar-refractivity contribution in [3.05, 3.63) is 70.2 Å². The number of halogens is 6. The van der Waals surface area contributed by atoms with Crippen LogP contribution in [-0.4, -0.2) is 31.8 Å². The van der Waals surface area contributed by atoms with Gasteiger partial charge in [0.1, 0.15) is 9.75 Å². The second-order valence-corrected chi connectivity index (χ2v) is 12.0. The highest BCUT2D eigenvalue weighted by Gasteiger charge is 2.87. The van der Waals surface area contributed by atoms with Crippen LogP contribution in [0.4, 0.5) is 11.4 Å². The van der Waals surface area contributed by atoms with Crippen molar-refractivity contribution in [1.29, 1.82) is 0 Å². The zero-order valence-corrected chi connectivity index (χ0v) is 22.2. The van der Waals surface area contributed by atoms with Crippen molar-refractivity contribution in [3.63, 3.8) is 0 Å². The Hall–Kier alpha value is -1.47. The van der Waals surface area contributed by atoms with Gasteiger partial charge in [0, 0.05) is 12.1 Å². The summed E-state index contributed by atoms with van der Waals surface area (Å²) >= 11 is 39.2. The number of carbonyl (C=O) groups excluding carboxylic acids is 3. The second kappa shape index (κ2) is 8.54. The topological polar surface area (TPSA) is 66.5 Å². The molecule has 0 unspecified atom stereocenters. The minimum Gasteiger partial charge on any atom is -0.326 e. The van der Waals surface area contributed by atoms with Crippen LogP contribution in [-0.2, 0) is 20.8 Å². The van der Waals surface area contributed by atoms with Crippen LogP contribution in [0.25, 0.3) is 0 Å². The zero-order valence-electron chi connectivity index (χ0n) is 17.7. The molecule has 2 fully saturated rings. The fourth-order valence-corrected chi connectivity index (χ4v) is 8.03. The minimum atomic E-state index is -1.99. The maximum absolute atomic E-state index is 13.5. The summed E-state index contributed by atoms with van der Waals surface area (Å²) in [5.74, 6) is -3.96. The minimum absolute atomic E-state index is 0.149. The molecular formula is C24H16Cl6N2O3. The number of imide groups is 1. The number of amides is 3. The van der Waals surface area contributed by atoms with E-state index >= 15 is 0 Å². The lowest BCUT2D eigenvalue weighted by atomic mass is 9.84. The lowest BCUT2D eigenvalue weighted by Gasteiger charge is -2.34. The standard InChI is InChI=1S/C24H16Cl6N2O3/c25-18-19(26)23(28)17-16(22(18,27)24(23,29)30)20(34)32(21(17)35)14-8-4-7-13(11-14)31-15(33)10-9-12-5-2-1-3-6-12/h1-8,11,16-17H,9-10H2,(H,31,33)/t16-,17-,22+,23+/m0/s1. The number of anilines is 2. The molecule has 1 heterocycles. The SMILES string of the molecule is O=C(CCc1ccccc1)Nc1cccc(N2C(=O)[C@@H]3[C@@H](C2=O)[C@@]2(Cl)C(Cl)=C(Cl)[C@@]3(Cl)C2(Cl)Cl)c1. The molecule has 1 saturated carbocycles. The molecule has 35 heavy (non-hydrogen) atoms. The van der Waals surface area contributed by atoms with Gasteiger partial charge in [0.15, 0.2) is 4.33 Å².